The van der Waals surface area contributed by atoms with Crippen molar-refractivity contribution in [3.8, 4) is 5.75 Å². The molecule has 0 saturated carbocycles. The Morgan fingerprint density at radius 3 is 2.57 bits per heavy atom. The monoisotopic (exact) mass is 303 g/mol. The van der Waals surface area contributed by atoms with Gasteiger partial charge in [-0.3, -0.25) is 10.9 Å². The van der Waals surface area contributed by atoms with Gasteiger partial charge in [0, 0.05) is 25.0 Å². The van der Waals surface area contributed by atoms with Crippen LogP contribution in [0.3, 0.4) is 0 Å². The smallest absolute Gasteiger partial charge is 0.406 e. The normalized spacial score (nSPS) is 22.5. The van der Waals surface area contributed by atoms with E-state index in [1.807, 2.05) is 0 Å². The van der Waals surface area contributed by atoms with Gasteiger partial charge in [-0.2, -0.15) is 0 Å². The summed E-state index contributed by atoms with van der Waals surface area (Å²) in [6.07, 6.45) is -3.86. The van der Waals surface area contributed by atoms with Crippen molar-refractivity contribution in [2.75, 3.05) is 19.6 Å². The molecule has 118 valence electrons. The number of hydrazine groups is 1. The number of rotatable bonds is 6. The van der Waals surface area contributed by atoms with Gasteiger partial charge < -0.3 is 10.1 Å². The Labute approximate surface area is 122 Å². The average Bonchev–Trinajstić information content (AvgIpc) is 2.80. The molecule has 1 fully saturated rings. The second-order valence-electron chi connectivity index (χ2n) is 5.22. The van der Waals surface area contributed by atoms with E-state index in [1.165, 1.54) is 12.1 Å². The topological polar surface area (TPSA) is 45.3 Å². The zero-order chi connectivity index (χ0) is 15.3. The van der Waals surface area contributed by atoms with E-state index < -0.39 is 6.36 Å². The van der Waals surface area contributed by atoms with Gasteiger partial charge in [-0.25, -0.2) is 0 Å². The first-order chi connectivity index (χ1) is 9.94. The van der Waals surface area contributed by atoms with E-state index in [0.29, 0.717) is 12.0 Å². The SMILES string of the molecule is CC1NNCC1CNCCc1ccc(OC(F)(F)F)cc1. The molecule has 21 heavy (non-hydrogen) atoms. The first-order valence-corrected chi connectivity index (χ1v) is 6.98. The van der Waals surface area contributed by atoms with E-state index in [0.717, 1.165) is 31.6 Å². The van der Waals surface area contributed by atoms with Gasteiger partial charge in [-0.05, 0) is 37.6 Å². The van der Waals surface area contributed by atoms with Crippen molar-refractivity contribution in [3.63, 3.8) is 0 Å². The molecule has 2 atom stereocenters. The van der Waals surface area contributed by atoms with Crippen LogP contribution in [0.2, 0.25) is 0 Å². The third kappa shape index (κ3) is 5.53. The van der Waals surface area contributed by atoms with Crippen LogP contribution < -0.4 is 20.9 Å². The fourth-order valence-corrected chi connectivity index (χ4v) is 2.27. The summed E-state index contributed by atoms with van der Waals surface area (Å²) in [7, 11) is 0. The van der Waals surface area contributed by atoms with Crippen molar-refractivity contribution in [1.29, 1.82) is 0 Å². The van der Waals surface area contributed by atoms with Gasteiger partial charge in [0.2, 0.25) is 0 Å². The lowest BCUT2D eigenvalue weighted by atomic mass is 10.0. The lowest BCUT2D eigenvalue weighted by molar-refractivity contribution is -0.274. The highest BCUT2D eigenvalue weighted by Crippen LogP contribution is 2.22. The fraction of sp³-hybridized carbons (Fsp3) is 0.571. The summed E-state index contributed by atoms with van der Waals surface area (Å²) in [5, 5.41) is 3.37. The average molecular weight is 303 g/mol. The third-order valence-corrected chi connectivity index (χ3v) is 3.55. The van der Waals surface area contributed by atoms with Crippen LogP contribution in [0.4, 0.5) is 13.2 Å². The molecule has 2 rings (SSSR count). The van der Waals surface area contributed by atoms with E-state index in [1.54, 1.807) is 12.1 Å². The molecule has 1 heterocycles. The Morgan fingerprint density at radius 1 is 1.29 bits per heavy atom. The molecule has 7 heteroatoms. The first-order valence-electron chi connectivity index (χ1n) is 6.98. The molecule has 1 aromatic carbocycles. The van der Waals surface area contributed by atoms with Crippen molar-refractivity contribution < 1.29 is 17.9 Å². The lowest BCUT2D eigenvalue weighted by Gasteiger charge is -2.14. The Hall–Kier alpha value is -1.31. The molecule has 2 unspecified atom stereocenters. The Balaban J connectivity index is 1.69. The maximum atomic E-state index is 12.0. The predicted octanol–water partition coefficient (Wildman–Crippen LogP) is 1.83. The Morgan fingerprint density at radius 2 is 2.00 bits per heavy atom. The highest BCUT2D eigenvalue weighted by molar-refractivity contribution is 5.27. The van der Waals surface area contributed by atoms with E-state index in [4.69, 9.17) is 0 Å². The van der Waals surface area contributed by atoms with Crippen LogP contribution in [0, 0.1) is 5.92 Å². The number of benzene rings is 1. The largest absolute Gasteiger partial charge is 0.573 e. The van der Waals surface area contributed by atoms with Crippen molar-refractivity contribution in [1.82, 2.24) is 16.2 Å². The van der Waals surface area contributed by atoms with E-state index in [-0.39, 0.29) is 5.75 Å². The van der Waals surface area contributed by atoms with Crippen LogP contribution >= 0.6 is 0 Å². The third-order valence-electron chi connectivity index (χ3n) is 3.55. The van der Waals surface area contributed by atoms with Gasteiger partial charge in [-0.1, -0.05) is 12.1 Å². The van der Waals surface area contributed by atoms with Crippen molar-refractivity contribution >= 4 is 0 Å². The van der Waals surface area contributed by atoms with E-state index in [2.05, 4.69) is 27.8 Å². The summed E-state index contributed by atoms with van der Waals surface area (Å²) >= 11 is 0. The molecular formula is C14H20F3N3O. The molecule has 0 radical (unpaired) electrons. The summed E-state index contributed by atoms with van der Waals surface area (Å²) in [6, 6.07) is 6.44. The minimum absolute atomic E-state index is 0.184. The highest BCUT2D eigenvalue weighted by atomic mass is 19.4. The van der Waals surface area contributed by atoms with Gasteiger partial charge in [0.1, 0.15) is 5.75 Å². The minimum atomic E-state index is -4.64. The molecule has 0 amide bonds. The summed E-state index contributed by atoms with van der Waals surface area (Å²) < 4.78 is 39.9. The summed E-state index contributed by atoms with van der Waals surface area (Å²) in [5.41, 5.74) is 7.25. The zero-order valence-corrected chi connectivity index (χ0v) is 11.8. The van der Waals surface area contributed by atoms with E-state index in [9.17, 15) is 13.2 Å². The summed E-state index contributed by atoms with van der Waals surface area (Å²) in [4.78, 5) is 0. The molecule has 4 nitrogen and oxygen atoms in total. The maximum absolute atomic E-state index is 12.0. The van der Waals surface area contributed by atoms with Crippen LogP contribution in [-0.4, -0.2) is 32.0 Å². The second kappa shape index (κ2) is 7.11. The van der Waals surface area contributed by atoms with Gasteiger partial charge in [0.25, 0.3) is 0 Å². The van der Waals surface area contributed by atoms with Crippen LogP contribution in [0.1, 0.15) is 12.5 Å². The standard InChI is InChI=1S/C14H20F3N3O/c1-10-12(9-19-20-10)8-18-7-6-11-2-4-13(5-3-11)21-14(15,16)17/h2-5,10,12,18-20H,6-9H2,1H3. The fourth-order valence-electron chi connectivity index (χ4n) is 2.27. The molecule has 0 aliphatic carbocycles. The van der Waals surface area contributed by atoms with Crippen molar-refractivity contribution in [2.24, 2.45) is 5.92 Å². The second-order valence-corrected chi connectivity index (χ2v) is 5.22. The van der Waals surface area contributed by atoms with Crippen LogP contribution in [0.25, 0.3) is 0 Å². The van der Waals surface area contributed by atoms with Gasteiger partial charge >= 0.3 is 6.36 Å². The Bertz CT molecular complexity index is 436. The van der Waals surface area contributed by atoms with Crippen molar-refractivity contribution in [2.45, 2.75) is 25.7 Å². The van der Waals surface area contributed by atoms with Crippen molar-refractivity contribution in [3.05, 3.63) is 29.8 Å². The Kier molecular flexibility index (Phi) is 5.44. The molecule has 1 aromatic rings. The molecule has 1 aliphatic rings. The first kappa shape index (κ1) is 16.1. The van der Waals surface area contributed by atoms with E-state index >= 15 is 0 Å². The molecule has 0 aromatic heterocycles. The summed E-state index contributed by atoms with van der Waals surface area (Å²) in [5.74, 6) is 0.365. The molecule has 3 N–H and O–H groups in total. The lowest BCUT2D eigenvalue weighted by Crippen LogP contribution is -2.33. The molecule has 0 bridgehead atoms. The van der Waals surface area contributed by atoms with Crippen LogP contribution in [0.5, 0.6) is 5.75 Å². The zero-order valence-electron chi connectivity index (χ0n) is 11.8. The molecular weight excluding hydrogens is 283 g/mol. The predicted molar refractivity (Wildman–Crippen MR) is 73.8 cm³/mol. The van der Waals surface area contributed by atoms with Crippen LogP contribution in [-0.2, 0) is 6.42 Å². The number of alkyl halides is 3. The molecule has 1 saturated heterocycles. The molecule has 0 spiro atoms. The number of hydrogen-bond acceptors (Lipinski definition) is 4. The number of nitrogens with one attached hydrogen (secondary N) is 3. The summed E-state index contributed by atoms with van der Waals surface area (Å²) in [6.45, 7) is 4.78. The van der Waals surface area contributed by atoms with Gasteiger partial charge in [-0.15, -0.1) is 13.2 Å². The van der Waals surface area contributed by atoms with Gasteiger partial charge in [0.05, 0.1) is 0 Å². The number of hydrogen-bond donors (Lipinski definition) is 3. The quantitative estimate of drug-likeness (QED) is 0.702. The number of halogens is 3. The number of ether oxygens (including phenoxy) is 1. The molecule has 1 aliphatic heterocycles. The van der Waals surface area contributed by atoms with Crippen LogP contribution in [0.15, 0.2) is 24.3 Å². The van der Waals surface area contributed by atoms with Gasteiger partial charge in [0.15, 0.2) is 0 Å². The maximum Gasteiger partial charge on any atom is 0.573 e. The minimum Gasteiger partial charge on any atom is -0.406 e. The highest BCUT2D eigenvalue weighted by Gasteiger charge is 2.30.